The summed E-state index contributed by atoms with van der Waals surface area (Å²) >= 11 is 0. The van der Waals surface area contributed by atoms with Gasteiger partial charge in [-0.1, -0.05) is 36.4 Å². The molecule has 0 saturated carbocycles. The molecule has 0 atom stereocenters. The SMILES string of the molecule is COC(=O)NN(c1ccccc1)c1ccccc1. The lowest BCUT2D eigenvalue weighted by molar-refractivity contribution is 0.171. The normalized spacial score (nSPS) is 9.61. The standard InChI is InChI=1S/C14H14N2O2/c1-18-14(17)15-16(12-8-4-2-5-9-12)13-10-6-3-7-11-13/h2-11H,1H3,(H,15,17). The lowest BCUT2D eigenvalue weighted by Crippen LogP contribution is -2.38. The summed E-state index contributed by atoms with van der Waals surface area (Å²) in [7, 11) is 1.34. The van der Waals surface area contributed by atoms with Crippen molar-refractivity contribution in [1.82, 2.24) is 5.43 Å². The van der Waals surface area contributed by atoms with Crippen LogP contribution >= 0.6 is 0 Å². The fourth-order valence-corrected chi connectivity index (χ4v) is 1.57. The van der Waals surface area contributed by atoms with Crippen molar-refractivity contribution in [2.45, 2.75) is 0 Å². The first-order valence-electron chi connectivity index (χ1n) is 5.56. The van der Waals surface area contributed by atoms with E-state index in [0.29, 0.717) is 0 Å². The Morgan fingerprint density at radius 2 is 1.39 bits per heavy atom. The van der Waals surface area contributed by atoms with Crippen molar-refractivity contribution in [3.8, 4) is 0 Å². The summed E-state index contributed by atoms with van der Waals surface area (Å²) < 4.78 is 4.63. The number of anilines is 2. The van der Waals surface area contributed by atoms with Crippen LogP contribution in [0.2, 0.25) is 0 Å². The van der Waals surface area contributed by atoms with Gasteiger partial charge in [0.2, 0.25) is 0 Å². The van der Waals surface area contributed by atoms with Gasteiger partial charge < -0.3 is 4.74 Å². The second-order valence-electron chi connectivity index (χ2n) is 3.61. The minimum atomic E-state index is -0.511. The molecule has 0 unspecified atom stereocenters. The van der Waals surface area contributed by atoms with Crippen molar-refractivity contribution in [1.29, 1.82) is 0 Å². The highest BCUT2D eigenvalue weighted by atomic mass is 16.5. The van der Waals surface area contributed by atoms with Crippen LogP contribution in [0, 0.1) is 0 Å². The number of amides is 1. The Bertz CT molecular complexity index is 460. The zero-order chi connectivity index (χ0) is 12.8. The third kappa shape index (κ3) is 2.79. The van der Waals surface area contributed by atoms with Gasteiger partial charge in [0.05, 0.1) is 18.5 Å². The summed E-state index contributed by atoms with van der Waals surface area (Å²) in [5.41, 5.74) is 4.38. The van der Waals surface area contributed by atoms with E-state index in [0.717, 1.165) is 11.4 Å². The fourth-order valence-electron chi connectivity index (χ4n) is 1.57. The Morgan fingerprint density at radius 1 is 0.944 bits per heavy atom. The molecule has 92 valence electrons. The third-order valence-corrected chi connectivity index (χ3v) is 2.42. The van der Waals surface area contributed by atoms with Gasteiger partial charge in [0.1, 0.15) is 0 Å². The first-order valence-corrected chi connectivity index (χ1v) is 5.56. The van der Waals surface area contributed by atoms with Gasteiger partial charge in [0.25, 0.3) is 0 Å². The topological polar surface area (TPSA) is 41.6 Å². The van der Waals surface area contributed by atoms with E-state index in [2.05, 4.69) is 10.2 Å². The molecule has 0 spiro atoms. The number of methoxy groups -OCH3 is 1. The van der Waals surface area contributed by atoms with Gasteiger partial charge in [0, 0.05) is 0 Å². The Hall–Kier alpha value is -2.49. The molecular formula is C14H14N2O2. The smallest absolute Gasteiger partial charge is 0.426 e. The van der Waals surface area contributed by atoms with E-state index in [1.165, 1.54) is 7.11 Å². The van der Waals surface area contributed by atoms with Crippen LogP contribution in [-0.2, 0) is 4.74 Å². The van der Waals surface area contributed by atoms with Gasteiger partial charge in [-0.15, -0.1) is 0 Å². The van der Waals surface area contributed by atoms with E-state index in [1.807, 2.05) is 60.7 Å². The molecule has 0 aromatic heterocycles. The molecule has 0 bridgehead atoms. The molecule has 2 aromatic rings. The zero-order valence-electron chi connectivity index (χ0n) is 10.0. The summed E-state index contributed by atoms with van der Waals surface area (Å²) in [4.78, 5) is 11.4. The number of hydrogen-bond donors (Lipinski definition) is 1. The van der Waals surface area contributed by atoms with Gasteiger partial charge in [-0.25, -0.2) is 10.2 Å². The van der Waals surface area contributed by atoms with Gasteiger partial charge in [0.15, 0.2) is 0 Å². The maximum absolute atomic E-state index is 11.4. The highest BCUT2D eigenvalue weighted by Crippen LogP contribution is 2.22. The van der Waals surface area contributed by atoms with E-state index >= 15 is 0 Å². The molecule has 0 aliphatic rings. The average molecular weight is 242 g/mol. The average Bonchev–Trinajstić information content (AvgIpc) is 2.46. The van der Waals surface area contributed by atoms with Crippen molar-refractivity contribution >= 4 is 17.5 Å². The molecule has 0 radical (unpaired) electrons. The van der Waals surface area contributed by atoms with E-state index in [1.54, 1.807) is 5.01 Å². The van der Waals surface area contributed by atoms with E-state index in [-0.39, 0.29) is 0 Å². The number of rotatable bonds is 3. The van der Waals surface area contributed by atoms with E-state index in [9.17, 15) is 4.79 Å². The molecule has 0 fully saturated rings. The predicted molar refractivity (Wildman–Crippen MR) is 70.6 cm³/mol. The fraction of sp³-hybridized carbons (Fsp3) is 0.0714. The lowest BCUT2D eigenvalue weighted by atomic mass is 10.2. The maximum atomic E-state index is 11.4. The quantitative estimate of drug-likeness (QED) is 0.841. The highest BCUT2D eigenvalue weighted by Gasteiger charge is 2.11. The number of nitrogens with zero attached hydrogens (tertiary/aromatic N) is 1. The predicted octanol–water partition coefficient (Wildman–Crippen LogP) is 3.10. The Kier molecular flexibility index (Phi) is 3.81. The molecule has 0 saturated heterocycles. The van der Waals surface area contributed by atoms with E-state index in [4.69, 9.17) is 0 Å². The summed E-state index contributed by atoms with van der Waals surface area (Å²) in [5.74, 6) is 0. The largest absolute Gasteiger partial charge is 0.452 e. The second kappa shape index (κ2) is 5.72. The first-order chi connectivity index (χ1) is 8.81. The molecule has 1 N–H and O–H groups in total. The Labute approximate surface area is 106 Å². The molecule has 1 amide bonds. The zero-order valence-corrected chi connectivity index (χ0v) is 10.0. The van der Waals surface area contributed by atoms with Crippen LogP contribution in [-0.4, -0.2) is 13.2 Å². The van der Waals surface area contributed by atoms with Crippen LogP contribution in [0.3, 0.4) is 0 Å². The molecule has 0 aliphatic carbocycles. The van der Waals surface area contributed by atoms with Gasteiger partial charge in [-0.2, -0.15) is 0 Å². The number of ether oxygens (including phenoxy) is 1. The van der Waals surface area contributed by atoms with Crippen molar-refractivity contribution < 1.29 is 9.53 Å². The Morgan fingerprint density at radius 3 is 1.78 bits per heavy atom. The van der Waals surface area contributed by atoms with Crippen LogP contribution in [0.4, 0.5) is 16.2 Å². The number of hydrogen-bond acceptors (Lipinski definition) is 3. The first kappa shape index (κ1) is 12.0. The molecule has 2 aromatic carbocycles. The molecule has 0 aliphatic heterocycles. The number of hydrazine groups is 1. The van der Waals surface area contributed by atoms with Crippen molar-refractivity contribution in [2.24, 2.45) is 0 Å². The number of benzene rings is 2. The summed E-state index contributed by atoms with van der Waals surface area (Å²) in [6.07, 6.45) is -0.511. The van der Waals surface area contributed by atoms with Gasteiger partial charge >= 0.3 is 6.09 Å². The molecular weight excluding hydrogens is 228 g/mol. The maximum Gasteiger partial charge on any atom is 0.426 e. The van der Waals surface area contributed by atoms with Crippen LogP contribution in [0.25, 0.3) is 0 Å². The van der Waals surface area contributed by atoms with Crippen LogP contribution in [0.5, 0.6) is 0 Å². The molecule has 4 heteroatoms. The Balaban J connectivity index is 2.32. The highest BCUT2D eigenvalue weighted by molar-refractivity contribution is 5.74. The number of para-hydroxylation sites is 2. The van der Waals surface area contributed by atoms with Gasteiger partial charge in [-0.05, 0) is 24.3 Å². The summed E-state index contributed by atoms with van der Waals surface area (Å²) in [6.45, 7) is 0. The van der Waals surface area contributed by atoms with Crippen LogP contribution in [0.1, 0.15) is 0 Å². The molecule has 18 heavy (non-hydrogen) atoms. The summed E-state index contributed by atoms with van der Waals surface area (Å²) in [5, 5.41) is 1.67. The monoisotopic (exact) mass is 242 g/mol. The number of carbonyl (C=O) groups is 1. The van der Waals surface area contributed by atoms with Crippen molar-refractivity contribution in [3.63, 3.8) is 0 Å². The third-order valence-electron chi connectivity index (χ3n) is 2.42. The second-order valence-corrected chi connectivity index (χ2v) is 3.61. The van der Waals surface area contributed by atoms with Crippen LogP contribution in [0.15, 0.2) is 60.7 Å². The summed E-state index contributed by atoms with van der Waals surface area (Å²) in [6, 6.07) is 19.1. The van der Waals surface area contributed by atoms with Crippen molar-refractivity contribution in [3.05, 3.63) is 60.7 Å². The number of carbonyl (C=O) groups excluding carboxylic acids is 1. The molecule has 4 nitrogen and oxygen atoms in total. The van der Waals surface area contributed by atoms with Crippen LogP contribution < -0.4 is 10.4 Å². The minimum absolute atomic E-state index is 0.511. The van der Waals surface area contributed by atoms with E-state index < -0.39 is 6.09 Å². The molecule has 2 rings (SSSR count). The van der Waals surface area contributed by atoms with Gasteiger partial charge in [-0.3, -0.25) is 5.01 Å². The number of nitrogens with one attached hydrogen (secondary N) is 1. The molecule has 0 heterocycles. The minimum Gasteiger partial charge on any atom is -0.452 e. The van der Waals surface area contributed by atoms with Crippen molar-refractivity contribution in [2.75, 3.05) is 12.1 Å². The lowest BCUT2D eigenvalue weighted by Gasteiger charge is -2.24.